The van der Waals surface area contributed by atoms with Crippen molar-refractivity contribution in [2.75, 3.05) is 26.7 Å². The van der Waals surface area contributed by atoms with E-state index in [-0.39, 0.29) is 30.6 Å². The van der Waals surface area contributed by atoms with Crippen molar-refractivity contribution in [3.8, 4) is 0 Å². The first-order valence-corrected chi connectivity index (χ1v) is 18.4. The van der Waals surface area contributed by atoms with Crippen LogP contribution in [0.4, 0.5) is 0 Å². The molecule has 0 spiro atoms. The first-order valence-electron chi connectivity index (χ1n) is 18.4. The van der Waals surface area contributed by atoms with Gasteiger partial charge >= 0.3 is 0 Å². The zero-order chi connectivity index (χ0) is 30.2. The monoisotopic (exact) mass is 616 g/mol. The summed E-state index contributed by atoms with van der Waals surface area (Å²) in [6.45, 7) is 5.56. The van der Waals surface area contributed by atoms with Crippen LogP contribution in [0.5, 0.6) is 0 Å². The summed E-state index contributed by atoms with van der Waals surface area (Å²) >= 11 is 0. The Balaban J connectivity index is 0. The van der Waals surface area contributed by atoms with Crippen LogP contribution in [-0.4, -0.2) is 48.3 Å². The molecular formula is C37H74ClNO3. The number of carbonyl (C=O) groups excluding carboxylic acids is 2. The lowest BCUT2D eigenvalue weighted by atomic mass is 9.91. The highest BCUT2D eigenvalue weighted by atomic mass is 35.5. The molecule has 0 aliphatic heterocycles. The number of aliphatic hydroxyl groups is 1. The van der Waals surface area contributed by atoms with Gasteiger partial charge in [0.2, 0.25) is 0 Å². The molecule has 0 saturated heterocycles. The zero-order valence-electron chi connectivity index (χ0n) is 28.6. The average Bonchev–Trinajstić information content (AvgIpc) is 2.96. The lowest BCUT2D eigenvalue weighted by molar-refractivity contribution is -0.133. The van der Waals surface area contributed by atoms with Gasteiger partial charge < -0.3 is 10.0 Å². The van der Waals surface area contributed by atoms with Crippen LogP contribution < -0.4 is 0 Å². The normalized spacial score (nSPS) is 11.4. The first-order chi connectivity index (χ1) is 20.1. The zero-order valence-corrected chi connectivity index (χ0v) is 29.4. The Labute approximate surface area is 269 Å². The van der Waals surface area contributed by atoms with E-state index < -0.39 is 5.92 Å². The van der Waals surface area contributed by atoms with Gasteiger partial charge in [-0.05, 0) is 19.9 Å². The Hall–Kier alpha value is -0.450. The smallest absolute Gasteiger partial charge is 0.144 e. The number of nitrogens with zero attached hydrogens (tertiary/aromatic N) is 1. The number of carbonyl (C=O) groups is 2. The molecule has 5 heteroatoms. The third-order valence-electron chi connectivity index (χ3n) is 8.81. The van der Waals surface area contributed by atoms with E-state index in [2.05, 4.69) is 13.8 Å². The summed E-state index contributed by atoms with van der Waals surface area (Å²) in [5.41, 5.74) is 0. The quantitative estimate of drug-likeness (QED) is 0.0577. The number of unbranched alkanes of at least 4 members (excludes halogenated alkanes) is 24. The van der Waals surface area contributed by atoms with Crippen LogP contribution in [0.2, 0.25) is 0 Å². The molecule has 0 aliphatic rings. The summed E-state index contributed by atoms with van der Waals surface area (Å²) in [7, 11) is 1.90. The summed E-state index contributed by atoms with van der Waals surface area (Å²) in [6, 6.07) is 0. The molecule has 0 atom stereocenters. The van der Waals surface area contributed by atoms with Crippen molar-refractivity contribution in [3.63, 3.8) is 0 Å². The van der Waals surface area contributed by atoms with Crippen molar-refractivity contribution < 1.29 is 14.7 Å². The molecule has 0 bridgehead atoms. The molecule has 0 saturated carbocycles. The van der Waals surface area contributed by atoms with Crippen LogP contribution in [0.1, 0.15) is 194 Å². The molecule has 0 fully saturated rings. The number of likely N-dealkylation sites (N-methyl/N-ethyl adjacent to an activating group) is 1. The third kappa shape index (κ3) is 29.6. The van der Waals surface area contributed by atoms with E-state index in [4.69, 9.17) is 0 Å². The lowest BCUT2D eigenvalue weighted by Gasteiger charge is -2.22. The molecule has 0 radical (unpaired) electrons. The summed E-state index contributed by atoms with van der Waals surface area (Å²) < 4.78 is 0. The van der Waals surface area contributed by atoms with Gasteiger partial charge in [0.1, 0.15) is 11.6 Å². The van der Waals surface area contributed by atoms with Crippen LogP contribution in [-0.2, 0) is 9.59 Å². The van der Waals surface area contributed by atoms with Gasteiger partial charge in [-0.3, -0.25) is 9.59 Å². The first kappa shape index (κ1) is 43.7. The van der Waals surface area contributed by atoms with E-state index >= 15 is 0 Å². The van der Waals surface area contributed by atoms with Crippen LogP contribution in [0.25, 0.3) is 0 Å². The molecule has 1 N–H and O–H groups in total. The molecule has 252 valence electrons. The molecule has 42 heavy (non-hydrogen) atoms. The Bertz CT molecular complexity index is 529. The molecule has 0 aromatic heterocycles. The molecule has 0 aromatic carbocycles. The van der Waals surface area contributed by atoms with E-state index in [1.165, 1.54) is 141 Å². The fourth-order valence-electron chi connectivity index (χ4n) is 5.94. The van der Waals surface area contributed by atoms with Crippen LogP contribution >= 0.6 is 12.4 Å². The Morgan fingerprint density at radius 2 is 0.762 bits per heavy atom. The van der Waals surface area contributed by atoms with Gasteiger partial charge in [0, 0.05) is 25.9 Å². The summed E-state index contributed by atoms with van der Waals surface area (Å²) in [6.07, 6.45) is 34.6. The number of Topliss-reactive ketones (excluding diaryl/α,β-unsaturated/α-hetero) is 2. The minimum Gasteiger partial charge on any atom is -0.395 e. The van der Waals surface area contributed by atoms with Gasteiger partial charge in [-0.25, -0.2) is 0 Å². The third-order valence-corrected chi connectivity index (χ3v) is 8.81. The van der Waals surface area contributed by atoms with Crippen LogP contribution in [0.15, 0.2) is 0 Å². The number of hydrogen-bond acceptors (Lipinski definition) is 4. The number of hydrogen-bond donors (Lipinski definition) is 1. The van der Waals surface area contributed by atoms with E-state index in [1.54, 1.807) is 0 Å². The fraction of sp³-hybridized carbons (Fsp3) is 0.946. The molecule has 0 aromatic rings. The molecule has 0 rings (SSSR count). The van der Waals surface area contributed by atoms with E-state index in [9.17, 15) is 14.7 Å². The van der Waals surface area contributed by atoms with Crippen molar-refractivity contribution in [1.29, 1.82) is 0 Å². The highest BCUT2D eigenvalue weighted by Gasteiger charge is 2.26. The Kier molecular flexibility index (Phi) is 36.4. The lowest BCUT2D eigenvalue weighted by Crippen LogP contribution is -2.37. The number of halogens is 1. The van der Waals surface area contributed by atoms with Gasteiger partial charge in [0.25, 0.3) is 0 Å². The molecular weight excluding hydrogens is 542 g/mol. The Morgan fingerprint density at radius 1 is 0.500 bits per heavy atom. The second kappa shape index (κ2) is 35.0. The second-order valence-electron chi connectivity index (χ2n) is 13.0. The maximum atomic E-state index is 13.0. The van der Waals surface area contributed by atoms with Crippen molar-refractivity contribution >= 4 is 24.0 Å². The predicted molar refractivity (Wildman–Crippen MR) is 186 cm³/mol. The SMILES string of the molecule is CCCCCCCCCCCCCCCC(=O)C(CN(C)CCO)C(=O)CCCCCCCCCCCCCCC.Cl. The van der Waals surface area contributed by atoms with Crippen LogP contribution in [0.3, 0.4) is 0 Å². The topological polar surface area (TPSA) is 57.6 Å². The van der Waals surface area contributed by atoms with E-state index in [0.717, 1.165) is 25.7 Å². The maximum Gasteiger partial charge on any atom is 0.144 e. The van der Waals surface area contributed by atoms with Crippen molar-refractivity contribution in [2.45, 2.75) is 194 Å². The number of rotatable bonds is 34. The largest absolute Gasteiger partial charge is 0.395 e. The van der Waals surface area contributed by atoms with Crippen molar-refractivity contribution in [1.82, 2.24) is 4.90 Å². The number of aliphatic hydroxyl groups excluding tert-OH is 1. The molecule has 0 heterocycles. The van der Waals surface area contributed by atoms with Gasteiger partial charge in [-0.1, -0.05) is 168 Å². The second-order valence-corrected chi connectivity index (χ2v) is 13.0. The fourth-order valence-corrected chi connectivity index (χ4v) is 5.94. The highest BCUT2D eigenvalue weighted by Crippen LogP contribution is 2.18. The predicted octanol–water partition coefficient (Wildman–Crippen LogP) is 11.0. The summed E-state index contributed by atoms with van der Waals surface area (Å²) in [4.78, 5) is 28.0. The minimum atomic E-state index is -0.513. The maximum absolute atomic E-state index is 13.0. The standard InChI is InChI=1S/C37H73NO3.ClH/c1-4-6-8-10-12-14-16-18-20-22-24-26-28-30-36(40)35(34-38(3)32-33-39)37(41)31-29-27-25-23-21-19-17-15-13-11-9-7-5-2;/h35,39H,4-34H2,1-3H3;1H. The van der Waals surface area contributed by atoms with Crippen LogP contribution in [0, 0.1) is 5.92 Å². The molecule has 0 aliphatic carbocycles. The van der Waals surface area contributed by atoms with Gasteiger partial charge in [0.05, 0.1) is 12.5 Å². The highest BCUT2D eigenvalue weighted by molar-refractivity contribution is 6.02. The molecule has 0 amide bonds. The minimum absolute atomic E-state index is 0. The van der Waals surface area contributed by atoms with E-state index in [1.807, 2.05) is 11.9 Å². The molecule has 4 nitrogen and oxygen atoms in total. The van der Waals surface area contributed by atoms with Gasteiger partial charge in [-0.2, -0.15) is 0 Å². The molecule has 0 unspecified atom stereocenters. The summed E-state index contributed by atoms with van der Waals surface area (Å²) in [5, 5.41) is 9.29. The van der Waals surface area contributed by atoms with Crippen molar-refractivity contribution in [3.05, 3.63) is 0 Å². The van der Waals surface area contributed by atoms with Gasteiger partial charge in [-0.15, -0.1) is 12.4 Å². The van der Waals surface area contributed by atoms with Crippen molar-refractivity contribution in [2.24, 2.45) is 5.92 Å². The van der Waals surface area contributed by atoms with E-state index in [0.29, 0.717) is 25.9 Å². The Morgan fingerprint density at radius 3 is 1.02 bits per heavy atom. The number of ketones is 2. The summed E-state index contributed by atoms with van der Waals surface area (Å²) in [5.74, 6) is -0.267. The average molecular weight is 616 g/mol. The van der Waals surface area contributed by atoms with Gasteiger partial charge in [0.15, 0.2) is 0 Å².